The first-order valence-electron chi connectivity index (χ1n) is 4.04. The third-order valence-electron chi connectivity index (χ3n) is 1.66. The van der Waals surface area contributed by atoms with Crippen molar-refractivity contribution >= 4 is 23.0 Å². The van der Waals surface area contributed by atoms with Crippen LogP contribution in [-0.2, 0) is 0 Å². The van der Waals surface area contributed by atoms with Gasteiger partial charge in [-0.15, -0.1) is 0 Å². The second-order valence-corrected chi connectivity index (χ2v) is 3.52. The molecule has 0 bridgehead atoms. The van der Waals surface area contributed by atoms with Crippen LogP contribution in [0.2, 0.25) is 0 Å². The van der Waals surface area contributed by atoms with Gasteiger partial charge in [-0.2, -0.15) is 4.79 Å². The number of halogens is 1. The lowest BCUT2D eigenvalue weighted by Gasteiger charge is -2.13. The summed E-state index contributed by atoms with van der Waals surface area (Å²) in [6.07, 6.45) is 2.35. The Morgan fingerprint density at radius 1 is 1.57 bits per heavy atom. The van der Waals surface area contributed by atoms with E-state index < -0.39 is 5.91 Å². The molecule has 1 rings (SSSR count). The molecule has 0 spiro atoms. The third-order valence-corrected chi connectivity index (χ3v) is 1.99. The van der Waals surface area contributed by atoms with E-state index >= 15 is 0 Å². The van der Waals surface area contributed by atoms with Crippen LogP contribution in [0, 0.1) is 0 Å². The highest BCUT2D eigenvalue weighted by molar-refractivity contribution is 6.45. The molecule has 1 aliphatic rings. The van der Waals surface area contributed by atoms with Gasteiger partial charge in [-0.1, -0.05) is 11.6 Å². The molecule has 0 heterocycles. The lowest BCUT2D eigenvalue weighted by Crippen LogP contribution is -2.23. The number of rotatable bonds is 1. The van der Waals surface area contributed by atoms with E-state index in [0.29, 0.717) is 24.3 Å². The molecular weight excluding hydrogens is 206 g/mol. The van der Waals surface area contributed by atoms with Crippen LogP contribution in [0.25, 0.3) is 5.53 Å². The molecule has 0 aromatic heterocycles. The Hall–Kier alpha value is -1.00. The smallest absolute Gasteiger partial charge is 0.310 e. The van der Waals surface area contributed by atoms with Crippen molar-refractivity contribution < 1.29 is 15.0 Å². The first kappa shape index (κ1) is 11.1. The number of hydrogen-bond donors (Lipinski definition) is 2. The Morgan fingerprint density at radius 3 is 2.64 bits per heavy atom. The molecule has 5 nitrogen and oxygen atoms in total. The summed E-state index contributed by atoms with van der Waals surface area (Å²) in [6.45, 7) is 1.15. The van der Waals surface area contributed by atoms with Crippen molar-refractivity contribution in [2.75, 3.05) is 0 Å². The normalized spacial score (nSPS) is 20.7. The Balaban J connectivity index is 2.95. The fraction of sp³-hybridized carbons (Fsp3) is 0.500. The van der Waals surface area contributed by atoms with E-state index in [9.17, 15) is 0 Å². The molecule has 0 radical (unpaired) electrons. The maximum atomic E-state index is 9.00. The maximum Gasteiger partial charge on any atom is 0.310 e. The molecule has 0 amide bonds. The topological polar surface area (TPSA) is 89.2 Å². The molecule has 0 fully saturated rings. The number of aliphatic hydroxyl groups is 2. The summed E-state index contributed by atoms with van der Waals surface area (Å²) in [5.41, 5.74) is 9.35. The van der Waals surface area contributed by atoms with Crippen molar-refractivity contribution in [2.24, 2.45) is 4.99 Å². The van der Waals surface area contributed by atoms with Gasteiger partial charge in [-0.05, 0) is 6.08 Å². The molecule has 0 saturated carbocycles. The summed E-state index contributed by atoms with van der Waals surface area (Å²) in [5, 5.41) is 18.3. The number of aliphatic imine (C=N–C) groups is 1. The quantitative estimate of drug-likeness (QED) is 0.383. The predicted molar refractivity (Wildman–Crippen MR) is 52.1 cm³/mol. The summed E-state index contributed by atoms with van der Waals surface area (Å²) >= 11 is 5.73. The molecule has 0 saturated heterocycles. The van der Waals surface area contributed by atoms with Crippen molar-refractivity contribution in [1.82, 2.24) is 0 Å². The predicted octanol–water partition coefficient (Wildman–Crippen LogP) is 0.673. The lowest BCUT2D eigenvalue weighted by molar-refractivity contribution is -0.135. The highest BCUT2D eigenvalue weighted by Gasteiger charge is 2.22. The molecule has 1 aliphatic carbocycles. The Bertz CT molecular complexity index is 348. The molecule has 2 N–H and O–H groups in total. The van der Waals surface area contributed by atoms with Crippen LogP contribution in [0.4, 0.5) is 0 Å². The minimum Gasteiger partial charge on any atom is -0.361 e. The Morgan fingerprint density at radius 2 is 2.21 bits per heavy atom. The van der Waals surface area contributed by atoms with Gasteiger partial charge in [-0.25, -0.2) is 4.99 Å². The van der Waals surface area contributed by atoms with Gasteiger partial charge in [0.05, 0.1) is 6.42 Å². The zero-order valence-corrected chi connectivity index (χ0v) is 8.36. The molecule has 76 valence electrons. The van der Waals surface area contributed by atoms with Gasteiger partial charge >= 0.3 is 5.71 Å². The molecule has 0 aliphatic heterocycles. The summed E-state index contributed by atoms with van der Waals surface area (Å²) in [4.78, 5) is 6.61. The first-order chi connectivity index (χ1) is 6.42. The first-order valence-corrected chi connectivity index (χ1v) is 4.42. The van der Waals surface area contributed by atoms with Gasteiger partial charge < -0.3 is 15.7 Å². The highest BCUT2D eigenvalue weighted by Crippen LogP contribution is 2.17. The Kier molecular flexibility index (Phi) is 3.18. The van der Waals surface area contributed by atoms with Crippen molar-refractivity contribution in [3.8, 4) is 0 Å². The monoisotopic (exact) mass is 215 g/mol. The van der Waals surface area contributed by atoms with Gasteiger partial charge in [0.2, 0.25) is 0 Å². The molecule has 6 heteroatoms. The minimum atomic E-state index is -2.09. The zero-order chi connectivity index (χ0) is 10.8. The van der Waals surface area contributed by atoms with E-state index in [-0.39, 0.29) is 5.03 Å². The summed E-state index contributed by atoms with van der Waals surface area (Å²) in [6, 6.07) is 0. The standard InChI is InChI=1S/C8H10ClN3O2/c1-8(13,14)11-5-2-3-7(12-10)6(9)4-5/h4,13-14H,2-3H2,1H3. The van der Waals surface area contributed by atoms with Crippen LogP contribution in [0.15, 0.2) is 16.1 Å². The second kappa shape index (κ2) is 4.02. The average Bonchev–Trinajstić information content (AvgIpc) is 2.01. The molecule has 0 aromatic rings. The van der Waals surface area contributed by atoms with Crippen molar-refractivity contribution in [1.29, 1.82) is 0 Å². The maximum absolute atomic E-state index is 9.00. The van der Waals surface area contributed by atoms with Gasteiger partial charge in [0.25, 0.3) is 5.91 Å². The fourth-order valence-corrected chi connectivity index (χ4v) is 1.38. The summed E-state index contributed by atoms with van der Waals surface area (Å²) < 4.78 is 0. The third kappa shape index (κ3) is 3.05. The fourth-order valence-electron chi connectivity index (χ4n) is 1.13. The highest BCUT2D eigenvalue weighted by atomic mass is 35.5. The van der Waals surface area contributed by atoms with Crippen LogP contribution >= 0.6 is 11.6 Å². The summed E-state index contributed by atoms with van der Waals surface area (Å²) in [7, 11) is 0. The SMILES string of the molecule is CC(O)(O)N=C1C=C(Cl)C(=[N+]=[N-])CC1. The Labute approximate surface area is 86.0 Å². The van der Waals surface area contributed by atoms with E-state index in [1.807, 2.05) is 0 Å². The molecule has 0 atom stereocenters. The second-order valence-electron chi connectivity index (χ2n) is 3.11. The van der Waals surface area contributed by atoms with Crippen molar-refractivity contribution in [3.63, 3.8) is 0 Å². The van der Waals surface area contributed by atoms with Crippen molar-refractivity contribution in [3.05, 3.63) is 16.6 Å². The molecule has 0 unspecified atom stereocenters. The van der Waals surface area contributed by atoms with E-state index in [0.717, 1.165) is 6.92 Å². The average molecular weight is 216 g/mol. The van der Waals surface area contributed by atoms with E-state index in [1.165, 1.54) is 6.08 Å². The number of hydrogen-bond acceptors (Lipinski definition) is 3. The van der Waals surface area contributed by atoms with Crippen LogP contribution in [-0.4, -0.2) is 32.3 Å². The number of nitrogens with zero attached hydrogens (tertiary/aromatic N) is 3. The van der Waals surface area contributed by atoms with Crippen LogP contribution in [0.3, 0.4) is 0 Å². The van der Waals surface area contributed by atoms with Crippen LogP contribution < -0.4 is 0 Å². The largest absolute Gasteiger partial charge is 0.361 e. The van der Waals surface area contributed by atoms with Gasteiger partial charge in [0.1, 0.15) is 5.03 Å². The number of allylic oxidation sites excluding steroid dienone is 2. The summed E-state index contributed by atoms with van der Waals surface area (Å²) in [5.74, 6) is -2.09. The van der Waals surface area contributed by atoms with E-state index in [1.54, 1.807) is 0 Å². The van der Waals surface area contributed by atoms with Gasteiger partial charge in [0.15, 0.2) is 0 Å². The zero-order valence-electron chi connectivity index (χ0n) is 7.61. The minimum absolute atomic E-state index is 0.266. The van der Waals surface area contributed by atoms with Crippen molar-refractivity contribution in [2.45, 2.75) is 25.7 Å². The molecular formula is C8H10ClN3O2. The van der Waals surface area contributed by atoms with Crippen LogP contribution in [0.1, 0.15) is 19.8 Å². The molecule has 0 aromatic carbocycles. The van der Waals surface area contributed by atoms with E-state index in [2.05, 4.69) is 9.78 Å². The molecule has 14 heavy (non-hydrogen) atoms. The van der Waals surface area contributed by atoms with Crippen LogP contribution in [0.5, 0.6) is 0 Å². The van der Waals surface area contributed by atoms with Gasteiger partial charge in [0, 0.05) is 19.1 Å². The van der Waals surface area contributed by atoms with Gasteiger partial charge in [-0.3, -0.25) is 0 Å². The van der Waals surface area contributed by atoms with E-state index in [4.69, 9.17) is 27.3 Å². The lowest BCUT2D eigenvalue weighted by atomic mass is 10.0.